The van der Waals surface area contributed by atoms with E-state index >= 15 is 0 Å². The number of alkyl halides is 1. The number of hydrogen-bond acceptors (Lipinski definition) is 1. The smallest absolute Gasteiger partial charge is 0.226 e. The lowest BCUT2D eigenvalue weighted by molar-refractivity contribution is -0.118. The van der Waals surface area contributed by atoms with E-state index in [1.165, 1.54) is 5.56 Å². The lowest BCUT2D eigenvalue weighted by atomic mass is 10.1. The molecule has 17 heavy (non-hydrogen) atoms. The molecule has 0 spiro atoms. The van der Waals surface area contributed by atoms with E-state index in [1.54, 1.807) is 4.90 Å². The van der Waals surface area contributed by atoms with Gasteiger partial charge in [0.25, 0.3) is 0 Å². The van der Waals surface area contributed by atoms with Crippen LogP contribution in [-0.2, 0) is 11.2 Å². The fourth-order valence-electron chi connectivity index (χ4n) is 1.64. The second-order valence-corrected chi connectivity index (χ2v) is 4.91. The molecule has 1 amide bonds. The third-order valence-electron chi connectivity index (χ3n) is 2.88. The average molecular weight is 298 g/mol. The zero-order chi connectivity index (χ0) is 12.7. The van der Waals surface area contributed by atoms with Crippen LogP contribution < -0.4 is 4.90 Å². The second-order valence-electron chi connectivity index (χ2n) is 4.12. The number of carbonyl (C=O) groups is 1. The van der Waals surface area contributed by atoms with Crippen LogP contribution in [0.4, 0.5) is 5.69 Å². The Hall–Kier alpha value is -0.830. The zero-order valence-corrected chi connectivity index (χ0v) is 12.2. The molecule has 1 aromatic rings. The standard InChI is InChI=1S/C14H20BrNO/c1-3-12-7-9-13(10-8-12)16(2)14(17)6-4-5-11-15/h7-10H,3-6,11H2,1-2H3. The topological polar surface area (TPSA) is 20.3 Å². The van der Waals surface area contributed by atoms with Gasteiger partial charge in [0.2, 0.25) is 5.91 Å². The van der Waals surface area contributed by atoms with Crippen molar-refractivity contribution in [1.82, 2.24) is 0 Å². The number of unbranched alkanes of at least 4 members (excludes halogenated alkanes) is 1. The highest BCUT2D eigenvalue weighted by Crippen LogP contribution is 2.15. The molecule has 0 unspecified atom stereocenters. The van der Waals surface area contributed by atoms with Crippen molar-refractivity contribution in [2.75, 3.05) is 17.3 Å². The number of hydrogen-bond donors (Lipinski definition) is 0. The Morgan fingerprint density at radius 1 is 1.24 bits per heavy atom. The van der Waals surface area contributed by atoms with E-state index in [0.717, 1.165) is 30.3 Å². The summed E-state index contributed by atoms with van der Waals surface area (Å²) in [5, 5.41) is 0.967. The molecule has 0 radical (unpaired) electrons. The number of rotatable bonds is 6. The van der Waals surface area contributed by atoms with Crippen molar-refractivity contribution in [2.45, 2.75) is 32.6 Å². The molecule has 0 N–H and O–H groups in total. The third kappa shape index (κ3) is 4.50. The molecule has 1 aromatic carbocycles. The van der Waals surface area contributed by atoms with E-state index in [4.69, 9.17) is 0 Å². The molecular weight excluding hydrogens is 278 g/mol. The largest absolute Gasteiger partial charge is 0.316 e. The average Bonchev–Trinajstić information content (AvgIpc) is 2.38. The summed E-state index contributed by atoms with van der Waals surface area (Å²) in [6.07, 6.45) is 3.65. The molecule has 0 aliphatic carbocycles. The third-order valence-corrected chi connectivity index (χ3v) is 3.44. The van der Waals surface area contributed by atoms with Crippen molar-refractivity contribution >= 4 is 27.5 Å². The van der Waals surface area contributed by atoms with Gasteiger partial charge in [-0.25, -0.2) is 0 Å². The molecule has 0 atom stereocenters. The minimum absolute atomic E-state index is 0.190. The maximum atomic E-state index is 11.9. The Morgan fingerprint density at radius 2 is 1.88 bits per heavy atom. The van der Waals surface area contributed by atoms with Crippen LogP contribution in [0.1, 0.15) is 31.7 Å². The quantitative estimate of drug-likeness (QED) is 0.578. The van der Waals surface area contributed by atoms with Crippen LogP contribution in [0.2, 0.25) is 0 Å². The van der Waals surface area contributed by atoms with Crippen molar-refractivity contribution in [3.05, 3.63) is 29.8 Å². The van der Waals surface area contributed by atoms with Crippen molar-refractivity contribution in [1.29, 1.82) is 0 Å². The van der Waals surface area contributed by atoms with Gasteiger partial charge in [-0.2, -0.15) is 0 Å². The van der Waals surface area contributed by atoms with Crippen LogP contribution in [0.5, 0.6) is 0 Å². The number of halogens is 1. The highest BCUT2D eigenvalue weighted by molar-refractivity contribution is 9.09. The first-order valence-electron chi connectivity index (χ1n) is 6.10. The summed E-state index contributed by atoms with van der Waals surface area (Å²) < 4.78 is 0. The first-order valence-corrected chi connectivity index (χ1v) is 7.22. The maximum Gasteiger partial charge on any atom is 0.226 e. The minimum Gasteiger partial charge on any atom is -0.316 e. The van der Waals surface area contributed by atoms with Gasteiger partial charge < -0.3 is 4.90 Å². The van der Waals surface area contributed by atoms with Crippen molar-refractivity contribution in [2.24, 2.45) is 0 Å². The number of amides is 1. The van der Waals surface area contributed by atoms with Crippen LogP contribution in [0, 0.1) is 0 Å². The molecule has 0 bridgehead atoms. The van der Waals surface area contributed by atoms with Gasteiger partial charge in [-0.1, -0.05) is 35.0 Å². The first kappa shape index (κ1) is 14.2. The molecule has 0 aliphatic heterocycles. The van der Waals surface area contributed by atoms with Gasteiger partial charge >= 0.3 is 0 Å². The van der Waals surface area contributed by atoms with Crippen LogP contribution >= 0.6 is 15.9 Å². The SMILES string of the molecule is CCc1ccc(N(C)C(=O)CCCCBr)cc1. The van der Waals surface area contributed by atoms with Gasteiger partial charge in [0.1, 0.15) is 0 Å². The highest BCUT2D eigenvalue weighted by atomic mass is 79.9. The van der Waals surface area contributed by atoms with Gasteiger partial charge in [-0.15, -0.1) is 0 Å². The summed E-state index contributed by atoms with van der Waals surface area (Å²) in [6, 6.07) is 8.19. The number of aryl methyl sites for hydroxylation is 1. The lowest BCUT2D eigenvalue weighted by Gasteiger charge is -2.17. The number of carbonyl (C=O) groups excluding carboxylic acids is 1. The van der Waals surface area contributed by atoms with Crippen molar-refractivity contribution in [3.63, 3.8) is 0 Å². The fourth-order valence-corrected chi connectivity index (χ4v) is 2.03. The number of benzene rings is 1. The van der Waals surface area contributed by atoms with Crippen molar-refractivity contribution in [3.8, 4) is 0 Å². The maximum absolute atomic E-state index is 11.9. The Labute approximate surface area is 112 Å². The van der Waals surface area contributed by atoms with Gasteiger partial charge in [0.15, 0.2) is 0 Å². The molecule has 94 valence electrons. The monoisotopic (exact) mass is 297 g/mol. The minimum atomic E-state index is 0.190. The number of anilines is 1. The normalized spacial score (nSPS) is 10.3. The van der Waals surface area contributed by atoms with Crippen LogP contribution in [0.15, 0.2) is 24.3 Å². The summed E-state index contributed by atoms with van der Waals surface area (Å²) in [5.41, 5.74) is 2.28. The van der Waals surface area contributed by atoms with E-state index in [2.05, 4.69) is 35.0 Å². The molecule has 0 heterocycles. The Kier molecular flexibility index (Phi) is 6.27. The van der Waals surface area contributed by atoms with E-state index < -0.39 is 0 Å². The summed E-state index contributed by atoms with van der Waals surface area (Å²) >= 11 is 3.37. The Bertz CT molecular complexity index is 348. The summed E-state index contributed by atoms with van der Waals surface area (Å²) in [4.78, 5) is 13.6. The van der Waals surface area contributed by atoms with E-state index in [1.807, 2.05) is 19.2 Å². The predicted molar refractivity (Wildman–Crippen MR) is 76.9 cm³/mol. The lowest BCUT2D eigenvalue weighted by Crippen LogP contribution is -2.25. The van der Waals surface area contributed by atoms with Gasteiger partial charge in [-0.05, 0) is 37.0 Å². The van der Waals surface area contributed by atoms with Gasteiger partial charge in [0, 0.05) is 24.5 Å². The zero-order valence-electron chi connectivity index (χ0n) is 10.6. The Morgan fingerprint density at radius 3 is 2.41 bits per heavy atom. The molecule has 0 fully saturated rings. The Balaban J connectivity index is 2.55. The predicted octanol–water partition coefficient (Wildman–Crippen LogP) is 3.78. The second kappa shape index (κ2) is 7.49. The van der Waals surface area contributed by atoms with Crippen molar-refractivity contribution < 1.29 is 4.79 Å². The molecule has 1 rings (SSSR count). The summed E-state index contributed by atoms with van der Waals surface area (Å²) in [7, 11) is 1.84. The summed E-state index contributed by atoms with van der Waals surface area (Å²) in [5.74, 6) is 0.190. The molecule has 0 saturated heterocycles. The first-order chi connectivity index (χ1) is 8.19. The molecule has 2 nitrogen and oxygen atoms in total. The van der Waals surface area contributed by atoms with Crippen LogP contribution in [-0.4, -0.2) is 18.3 Å². The number of nitrogens with zero attached hydrogens (tertiary/aromatic N) is 1. The molecule has 3 heteroatoms. The van der Waals surface area contributed by atoms with Crippen LogP contribution in [0.25, 0.3) is 0 Å². The van der Waals surface area contributed by atoms with E-state index in [0.29, 0.717) is 6.42 Å². The highest BCUT2D eigenvalue weighted by Gasteiger charge is 2.09. The molecule has 0 aliphatic rings. The van der Waals surface area contributed by atoms with Crippen LogP contribution in [0.3, 0.4) is 0 Å². The molecular formula is C14H20BrNO. The van der Waals surface area contributed by atoms with Gasteiger partial charge in [0.05, 0.1) is 0 Å². The van der Waals surface area contributed by atoms with E-state index in [9.17, 15) is 4.79 Å². The fraction of sp³-hybridized carbons (Fsp3) is 0.500. The molecule has 0 saturated carbocycles. The summed E-state index contributed by atoms with van der Waals surface area (Å²) in [6.45, 7) is 2.13. The van der Waals surface area contributed by atoms with E-state index in [-0.39, 0.29) is 5.91 Å². The van der Waals surface area contributed by atoms with Gasteiger partial charge in [-0.3, -0.25) is 4.79 Å². The molecule has 0 aromatic heterocycles.